The Labute approximate surface area is 104 Å². The molecule has 1 rings (SSSR count). The van der Waals surface area contributed by atoms with Crippen LogP contribution in [0, 0.1) is 0 Å². The average molecular weight is 265 g/mol. The third-order valence-corrected chi connectivity index (χ3v) is 5.00. The number of nitrogens with one attached hydrogen (secondary N) is 1. The van der Waals surface area contributed by atoms with Gasteiger partial charge in [0.2, 0.25) is 10.0 Å². The third kappa shape index (κ3) is 4.91. The van der Waals surface area contributed by atoms with E-state index in [0.29, 0.717) is 0 Å². The molecular formula is C11H23NO4S. The van der Waals surface area contributed by atoms with Crippen LogP contribution in [-0.4, -0.2) is 44.6 Å². The zero-order valence-electron chi connectivity index (χ0n) is 10.6. The maximum Gasteiger partial charge on any atom is 0.214 e. The number of rotatable bonds is 6. The van der Waals surface area contributed by atoms with Crippen LogP contribution < -0.4 is 4.72 Å². The summed E-state index contributed by atoms with van der Waals surface area (Å²) in [4.78, 5) is 0. The zero-order valence-corrected chi connectivity index (χ0v) is 11.4. The summed E-state index contributed by atoms with van der Waals surface area (Å²) in [5.41, 5.74) is -1.16. The number of ether oxygens (including phenoxy) is 1. The molecule has 0 aromatic rings. The van der Waals surface area contributed by atoms with E-state index in [2.05, 4.69) is 4.72 Å². The predicted octanol–water partition coefficient (Wildman–Crippen LogP) is 0.636. The molecule has 0 aromatic carbocycles. The molecule has 1 saturated carbocycles. The van der Waals surface area contributed by atoms with Crippen molar-refractivity contribution in [3.05, 3.63) is 0 Å². The Morgan fingerprint density at radius 3 is 2.47 bits per heavy atom. The standard InChI is InChI=1S/C11H23NO4S/c1-11(13,9-16-2)8-12-17(14,15)10-6-4-3-5-7-10/h10,12-13H,3-9H2,1-2H3/t11-/m0/s1. The molecule has 0 aromatic heterocycles. The maximum atomic E-state index is 12.0. The van der Waals surface area contributed by atoms with Gasteiger partial charge in [-0.15, -0.1) is 0 Å². The smallest absolute Gasteiger partial charge is 0.214 e. The second-order valence-electron chi connectivity index (χ2n) is 5.06. The average Bonchev–Trinajstić information content (AvgIpc) is 2.28. The molecule has 102 valence electrons. The quantitative estimate of drug-likeness (QED) is 0.739. The van der Waals surface area contributed by atoms with E-state index in [1.54, 1.807) is 6.92 Å². The predicted molar refractivity (Wildman–Crippen MR) is 66.3 cm³/mol. The van der Waals surface area contributed by atoms with E-state index in [4.69, 9.17) is 4.74 Å². The zero-order chi connectivity index (χ0) is 12.9. The van der Waals surface area contributed by atoms with Crippen molar-refractivity contribution in [1.82, 2.24) is 4.72 Å². The van der Waals surface area contributed by atoms with Crippen LogP contribution in [0.15, 0.2) is 0 Å². The van der Waals surface area contributed by atoms with E-state index in [0.717, 1.165) is 32.1 Å². The lowest BCUT2D eigenvalue weighted by Gasteiger charge is -2.26. The van der Waals surface area contributed by atoms with Gasteiger partial charge in [0.25, 0.3) is 0 Å². The maximum absolute atomic E-state index is 12.0. The van der Waals surface area contributed by atoms with Gasteiger partial charge < -0.3 is 9.84 Å². The van der Waals surface area contributed by atoms with Gasteiger partial charge in [-0.2, -0.15) is 0 Å². The summed E-state index contributed by atoms with van der Waals surface area (Å²) in [6, 6.07) is 0. The Kier molecular flexibility index (Phi) is 5.37. The fraction of sp³-hybridized carbons (Fsp3) is 1.00. The summed E-state index contributed by atoms with van der Waals surface area (Å²) in [5.74, 6) is 0. The van der Waals surface area contributed by atoms with E-state index in [1.165, 1.54) is 7.11 Å². The molecule has 0 amide bonds. The van der Waals surface area contributed by atoms with Gasteiger partial charge in [-0.3, -0.25) is 0 Å². The van der Waals surface area contributed by atoms with Crippen LogP contribution in [0.25, 0.3) is 0 Å². The van der Waals surface area contributed by atoms with Crippen LogP contribution in [0.2, 0.25) is 0 Å². The minimum Gasteiger partial charge on any atom is -0.386 e. The van der Waals surface area contributed by atoms with Crippen LogP contribution in [0.4, 0.5) is 0 Å². The van der Waals surface area contributed by atoms with Gasteiger partial charge in [-0.05, 0) is 19.8 Å². The van der Waals surface area contributed by atoms with Gasteiger partial charge in [-0.1, -0.05) is 19.3 Å². The SMILES string of the molecule is COC[C@@](C)(O)CNS(=O)(=O)C1CCCCC1. The van der Waals surface area contributed by atoms with Crippen molar-refractivity contribution in [2.75, 3.05) is 20.3 Å². The third-order valence-electron chi connectivity index (χ3n) is 3.10. The number of sulfonamides is 1. The summed E-state index contributed by atoms with van der Waals surface area (Å²) in [6.45, 7) is 1.67. The second-order valence-corrected chi connectivity index (χ2v) is 7.10. The summed E-state index contributed by atoms with van der Waals surface area (Å²) in [7, 11) is -1.82. The minimum atomic E-state index is -3.30. The number of hydrogen-bond acceptors (Lipinski definition) is 4. The lowest BCUT2D eigenvalue weighted by molar-refractivity contribution is -0.0120. The fourth-order valence-corrected chi connectivity index (χ4v) is 3.81. The van der Waals surface area contributed by atoms with Gasteiger partial charge in [0, 0.05) is 13.7 Å². The van der Waals surface area contributed by atoms with Crippen LogP contribution >= 0.6 is 0 Å². The topological polar surface area (TPSA) is 75.6 Å². The number of hydrogen-bond donors (Lipinski definition) is 2. The highest BCUT2D eigenvalue weighted by atomic mass is 32.2. The molecule has 0 aliphatic heterocycles. The van der Waals surface area contributed by atoms with Crippen molar-refractivity contribution >= 4 is 10.0 Å². The molecule has 0 saturated heterocycles. The van der Waals surface area contributed by atoms with Gasteiger partial charge in [-0.25, -0.2) is 13.1 Å². The summed E-state index contributed by atoms with van der Waals surface area (Å²) < 4.78 is 31.3. The molecule has 1 atom stereocenters. The van der Waals surface area contributed by atoms with Crippen molar-refractivity contribution in [3.8, 4) is 0 Å². The summed E-state index contributed by atoms with van der Waals surface area (Å²) >= 11 is 0. The largest absolute Gasteiger partial charge is 0.386 e. The molecule has 1 fully saturated rings. The minimum absolute atomic E-state index is 0.000324. The van der Waals surface area contributed by atoms with E-state index in [-0.39, 0.29) is 18.4 Å². The van der Waals surface area contributed by atoms with E-state index >= 15 is 0 Å². The monoisotopic (exact) mass is 265 g/mol. The number of methoxy groups -OCH3 is 1. The highest BCUT2D eigenvalue weighted by Gasteiger charge is 2.29. The molecular weight excluding hydrogens is 242 g/mol. The fourth-order valence-electron chi connectivity index (χ4n) is 2.11. The first-order valence-corrected chi connectivity index (χ1v) is 7.62. The Morgan fingerprint density at radius 2 is 1.94 bits per heavy atom. The normalized spacial score (nSPS) is 22.3. The molecule has 2 N–H and O–H groups in total. The number of aliphatic hydroxyl groups is 1. The molecule has 0 radical (unpaired) electrons. The van der Waals surface area contributed by atoms with E-state index in [9.17, 15) is 13.5 Å². The van der Waals surface area contributed by atoms with Crippen molar-refractivity contribution in [2.45, 2.75) is 49.9 Å². The molecule has 1 aliphatic rings. The molecule has 6 heteroatoms. The highest BCUT2D eigenvalue weighted by molar-refractivity contribution is 7.90. The van der Waals surface area contributed by atoms with E-state index in [1.807, 2.05) is 0 Å². The summed E-state index contributed by atoms with van der Waals surface area (Å²) in [5, 5.41) is 9.53. The molecule has 0 spiro atoms. The van der Waals surface area contributed by atoms with Gasteiger partial charge in [0.1, 0.15) is 0 Å². The second kappa shape index (κ2) is 6.13. The van der Waals surface area contributed by atoms with Crippen molar-refractivity contribution < 1.29 is 18.3 Å². The van der Waals surface area contributed by atoms with Gasteiger partial charge >= 0.3 is 0 Å². The van der Waals surface area contributed by atoms with Crippen LogP contribution in [0.5, 0.6) is 0 Å². The molecule has 0 heterocycles. The van der Waals surface area contributed by atoms with E-state index < -0.39 is 15.6 Å². The van der Waals surface area contributed by atoms with Crippen molar-refractivity contribution in [1.29, 1.82) is 0 Å². The van der Waals surface area contributed by atoms with Crippen molar-refractivity contribution in [2.24, 2.45) is 0 Å². The molecule has 5 nitrogen and oxygen atoms in total. The van der Waals surface area contributed by atoms with Crippen molar-refractivity contribution in [3.63, 3.8) is 0 Å². The molecule has 1 aliphatic carbocycles. The molecule has 17 heavy (non-hydrogen) atoms. The highest BCUT2D eigenvalue weighted by Crippen LogP contribution is 2.23. The van der Waals surface area contributed by atoms with Crippen LogP contribution in [0.1, 0.15) is 39.0 Å². The van der Waals surface area contributed by atoms with Gasteiger partial charge in [0.15, 0.2) is 0 Å². The Morgan fingerprint density at radius 1 is 1.35 bits per heavy atom. The molecule has 0 unspecified atom stereocenters. The first-order valence-electron chi connectivity index (χ1n) is 6.07. The Bertz CT molecular complexity index is 320. The Balaban J connectivity index is 2.49. The first kappa shape index (κ1) is 14.9. The van der Waals surface area contributed by atoms with Crippen LogP contribution in [-0.2, 0) is 14.8 Å². The molecule has 0 bridgehead atoms. The lowest BCUT2D eigenvalue weighted by atomic mass is 10.0. The Hall–Kier alpha value is -0.170. The first-order chi connectivity index (χ1) is 7.87. The van der Waals surface area contributed by atoms with Crippen LogP contribution in [0.3, 0.4) is 0 Å². The van der Waals surface area contributed by atoms with Gasteiger partial charge in [0.05, 0.1) is 17.5 Å². The summed E-state index contributed by atoms with van der Waals surface area (Å²) in [6.07, 6.45) is 4.51. The lowest BCUT2D eigenvalue weighted by Crippen LogP contribution is -2.46.